The lowest BCUT2D eigenvalue weighted by Gasteiger charge is -2.18. The van der Waals surface area contributed by atoms with Gasteiger partial charge in [0, 0.05) is 12.8 Å². The van der Waals surface area contributed by atoms with Crippen molar-refractivity contribution < 1.29 is 37.9 Å². The van der Waals surface area contributed by atoms with E-state index in [1.807, 2.05) is 0 Å². The summed E-state index contributed by atoms with van der Waals surface area (Å²) >= 11 is 0. The minimum atomic E-state index is -4.76. The SMILES string of the molecule is CC/C=C\C/C=C\C/C=C\CCCCCCCC(=O)OC(COC(=O)CCCCCCCCC/C=C\C/C=C\CCCCCC)COP(=O)(O)O. The summed E-state index contributed by atoms with van der Waals surface area (Å²) in [5, 5.41) is 0. The molecule has 2 N–H and O–H groups in total. The van der Waals surface area contributed by atoms with Crippen LogP contribution in [-0.4, -0.2) is 41.0 Å². The molecule has 9 heteroatoms. The van der Waals surface area contributed by atoms with Gasteiger partial charge in [0.15, 0.2) is 6.10 Å². The van der Waals surface area contributed by atoms with Crippen molar-refractivity contribution in [1.29, 1.82) is 0 Å². The van der Waals surface area contributed by atoms with Crippen LogP contribution in [0.1, 0.15) is 174 Å². The molecule has 51 heavy (non-hydrogen) atoms. The van der Waals surface area contributed by atoms with E-state index in [0.29, 0.717) is 12.8 Å². The van der Waals surface area contributed by atoms with E-state index in [9.17, 15) is 14.2 Å². The van der Waals surface area contributed by atoms with Gasteiger partial charge < -0.3 is 19.3 Å². The summed E-state index contributed by atoms with van der Waals surface area (Å²) in [6, 6.07) is 0. The molecule has 0 aromatic heterocycles. The monoisotopic (exact) mass is 737 g/mol. The van der Waals surface area contributed by atoms with Crippen LogP contribution in [0, 0.1) is 0 Å². The Hall–Kier alpha value is -2.25. The average Bonchev–Trinajstić information content (AvgIpc) is 3.10. The van der Waals surface area contributed by atoms with Gasteiger partial charge in [-0.1, -0.05) is 145 Å². The van der Waals surface area contributed by atoms with E-state index >= 15 is 0 Å². The Morgan fingerprint density at radius 1 is 0.529 bits per heavy atom. The predicted molar refractivity (Wildman–Crippen MR) is 211 cm³/mol. The van der Waals surface area contributed by atoms with Gasteiger partial charge in [0.25, 0.3) is 0 Å². The van der Waals surface area contributed by atoms with Crippen LogP contribution >= 0.6 is 7.82 Å². The van der Waals surface area contributed by atoms with E-state index in [1.54, 1.807) is 0 Å². The summed E-state index contributed by atoms with van der Waals surface area (Å²) in [6.45, 7) is 3.53. The topological polar surface area (TPSA) is 119 Å². The quantitative estimate of drug-likeness (QED) is 0.0282. The number of esters is 2. The van der Waals surface area contributed by atoms with Crippen molar-refractivity contribution in [3.8, 4) is 0 Å². The molecule has 0 amide bonds. The Balaban J connectivity index is 3.98. The van der Waals surface area contributed by atoms with Crippen molar-refractivity contribution in [1.82, 2.24) is 0 Å². The molecule has 0 aliphatic heterocycles. The molecule has 0 aromatic rings. The van der Waals surface area contributed by atoms with Gasteiger partial charge in [0.2, 0.25) is 0 Å². The van der Waals surface area contributed by atoms with Crippen molar-refractivity contribution in [3.63, 3.8) is 0 Å². The predicted octanol–water partition coefficient (Wildman–Crippen LogP) is 12.1. The minimum absolute atomic E-state index is 0.188. The van der Waals surface area contributed by atoms with E-state index in [1.165, 1.54) is 51.4 Å². The first-order valence-electron chi connectivity index (χ1n) is 20.1. The smallest absolute Gasteiger partial charge is 0.462 e. The molecule has 0 fully saturated rings. The highest BCUT2D eigenvalue weighted by Crippen LogP contribution is 2.36. The van der Waals surface area contributed by atoms with Crippen molar-refractivity contribution in [2.75, 3.05) is 13.2 Å². The van der Waals surface area contributed by atoms with Crippen LogP contribution in [0.2, 0.25) is 0 Å². The lowest BCUT2D eigenvalue weighted by molar-refractivity contribution is -0.161. The Kier molecular flexibility index (Phi) is 35.9. The number of carbonyl (C=O) groups excluding carboxylic acids is 2. The van der Waals surface area contributed by atoms with E-state index < -0.39 is 32.5 Å². The van der Waals surface area contributed by atoms with Gasteiger partial charge in [-0.3, -0.25) is 14.1 Å². The second-order valence-corrected chi connectivity index (χ2v) is 14.5. The molecular formula is C42H73O8P. The van der Waals surface area contributed by atoms with Gasteiger partial charge in [-0.15, -0.1) is 0 Å². The van der Waals surface area contributed by atoms with Crippen LogP contribution in [0.25, 0.3) is 0 Å². The fraction of sp³-hybridized carbons (Fsp3) is 0.714. The second kappa shape index (κ2) is 37.5. The first kappa shape index (κ1) is 48.8. The standard InChI is InChI=1S/C42H73O8P/c1-3-5-7-9-11-13-15-17-19-20-21-23-24-26-28-30-32-34-36-41(43)48-38-40(39-49-51(45,46)47)50-42(44)37-35-33-31-29-27-25-22-18-16-14-12-10-8-6-4-2/h6,8,12-15,18-20,22,40H,3-5,7,9-11,16-17,21,23-39H2,1-2H3,(H2,45,46,47)/b8-6-,14-12-,15-13-,20-19-,22-18-. The molecule has 0 saturated carbocycles. The van der Waals surface area contributed by atoms with Crippen LogP contribution in [0.4, 0.5) is 0 Å². The number of hydrogen-bond acceptors (Lipinski definition) is 6. The van der Waals surface area contributed by atoms with E-state index in [0.717, 1.165) is 83.5 Å². The van der Waals surface area contributed by atoms with Gasteiger partial charge in [0.05, 0.1) is 6.61 Å². The molecule has 0 aliphatic carbocycles. The van der Waals surface area contributed by atoms with Gasteiger partial charge in [-0.05, 0) is 77.0 Å². The Labute approximate surface area is 311 Å². The highest BCUT2D eigenvalue weighted by molar-refractivity contribution is 7.46. The molecule has 0 saturated heterocycles. The summed E-state index contributed by atoms with van der Waals surface area (Å²) in [7, 11) is -4.76. The summed E-state index contributed by atoms with van der Waals surface area (Å²) < 4.78 is 26.3. The molecule has 1 atom stereocenters. The van der Waals surface area contributed by atoms with E-state index in [2.05, 4.69) is 79.1 Å². The van der Waals surface area contributed by atoms with Crippen molar-refractivity contribution in [2.45, 2.75) is 180 Å². The number of phosphoric acid groups is 1. The highest BCUT2D eigenvalue weighted by Gasteiger charge is 2.22. The summed E-state index contributed by atoms with van der Waals surface area (Å²) in [5.74, 6) is -0.917. The second-order valence-electron chi connectivity index (χ2n) is 13.2. The Bertz CT molecular complexity index is 1010. The fourth-order valence-electron chi connectivity index (χ4n) is 5.30. The largest absolute Gasteiger partial charge is 0.469 e. The van der Waals surface area contributed by atoms with E-state index in [4.69, 9.17) is 19.3 Å². The van der Waals surface area contributed by atoms with Gasteiger partial charge in [0.1, 0.15) is 6.61 Å². The zero-order valence-corrected chi connectivity index (χ0v) is 33.1. The molecule has 0 aliphatic rings. The van der Waals surface area contributed by atoms with Crippen LogP contribution in [-0.2, 0) is 28.2 Å². The van der Waals surface area contributed by atoms with Crippen LogP contribution < -0.4 is 0 Å². The highest BCUT2D eigenvalue weighted by atomic mass is 31.2. The molecule has 294 valence electrons. The van der Waals surface area contributed by atoms with Crippen LogP contribution in [0.3, 0.4) is 0 Å². The molecule has 1 unspecified atom stereocenters. The molecule has 0 heterocycles. The zero-order chi connectivity index (χ0) is 37.5. The average molecular weight is 737 g/mol. The summed E-state index contributed by atoms with van der Waals surface area (Å²) in [5.41, 5.74) is 0. The Morgan fingerprint density at radius 2 is 0.941 bits per heavy atom. The van der Waals surface area contributed by atoms with Crippen molar-refractivity contribution in [3.05, 3.63) is 60.8 Å². The zero-order valence-electron chi connectivity index (χ0n) is 32.2. The molecular weight excluding hydrogens is 663 g/mol. The lowest BCUT2D eigenvalue weighted by atomic mass is 10.1. The number of ether oxygens (including phenoxy) is 2. The molecule has 0 radical (unpaired) electrons. The lowest BCUT2D eigenvalue weighted by Crippen LogP contribution is -2.29. The number of rotatable bonds is 36. The Morgan fingerprint density at radius 3 is 1.41 bits per heavy atom. The van der Waals surface area contributed by atoms with Gasteiger partial charge in [-0.2, -0.15) is 0 Å². The van der Waals surface area contributed by atoms with Crippen molar-refractivity contribution in [2.24, 2.45) is 0 Å². The maximum atomic E-state index is 12.4. The summed E-state index contributed by atoms with van der Waals surface area (Å²) in [4.78, 5) is 42.8. The molecule has 0 bridgehead atoms. The first-order valence-corrected chi connectivity index (χ1v) is 21.6. The third kappa shape index (κ3) is 40.4. The van der Waals surface area contributed by atoms with Crippen LogP contribution in [0.5, 0.6) is 0 Å². The maximum Gasteiger partial charge on any atom is 0.469 e. The number of allylic oxidation sites excluding steroid dienone is 10. The van der Waals surface area contributed by atoms with Gasteiger partial charge >= 0.3 is 19.8 Å². The third-order valence-electron chi connectivity index (χ3n) is 8.27. The molecule has 0 aromatic carbocycles. The van der Waals surface area contributed by atoms with Crippen molar-refractivity contribution >= 4 is 19.8 Å². The molecule has 8 nitrogen and oxygen atoms in total. The normalized spacial score (nSPS) is 13.1. The number of phosphoric ester groups is 1. The fourth-order valence-corrected chi connectivity index (χ4v) is 5.66. The van der Waals surface area contributed by atoms with E-state index in [-0.39, 0.29) is 19.4 Å². The van der Waals surface area contributed by atoms with Gasteiger partial charge in [-0.25, -0.2) is 4.57 Å². The minimum Gasteiger partial charge on any atom is -0.462 e. The maximum absolute atomic E-state index is 12.4. The first-order chi connectivity index (χ1) is 24.8. The summed E-state index contributed by atoms with van der Waals surface area (Å²) in [6.07, 6.45) is 46.5. The molecule has 0 spiro atoms. The number of hydrogen-bond donors (Lipinski definition) is 2. The third-order valence-corrected chi connectivity index (χ3v) is 8.76. The number of carbonyl (C=O) groups is 2. The number of unbranched alkanes of at least 4 members (excludes halogenated alkanes) is 16. The van der Waals surface area contributed by atoms with Crippen LogP contribution in [0.15, 0.2) is 60.8 Å². The molecule has 0 rings (SSSR count).